The van der Waals surface area contributed by atoms with Crippen LogP contribution in [0.15, 0.2) is 28.7 Å². The predicted octanol–water partition coefficient (Wildman–Crippen LogP) is 3.25. The van der Waals surface area contributed by atoms with E-state index in [2.05, 4.69) is 32.9 Å². The molecule has 2 nitrogen and oxygen atoms in total. The van der Waals surface area contributed by atoms with Crippen LogP contribution < -0.4 is 5.73 Å². The molecule has 0 atom stereocenters. The molecule has 0 saturated heterocycles. The molecule has 0 bridgehead atoms. The molecule has 1 aromatic carbocycles. The molecule has 1 heterocycles. The van der Waals surface area contributed by atoms with Crippen molar-refractivity contribution in [2.24, 2.45) is 5.73 Å². The first kappa shape index (κ1) is 11.9. The van der Waals surface area contributed by atoms with E-state index < -0.39 is 0 Å². The molecule has 0 radical (unpaired) electrons. The van der Waals surface area contributed by atoms with E-state index in [1.165, 1.54) is 22.3 Å². The summed E-state index contributed by atoms with van der Waals surface area (Å²) >= 11 is 0. The first-order chi connectivity index (χ1) is 8.10. The Balaban J connectivity index is 2.29. The van der Waals surface area contributed by atoms with Gasteiger partial charge in [0.05, 0.1) is 6.54 Å². The molecule has 2 rings (SSSR count). The molecular formula is C15H19NO. The Bertz CT molecular complexity index is 502. The van der Waals surface area contributed by atoms with Gasteiger partial charge in [0, 0.05) is 6.42 Å². The molecule has 0 aliphatic carbocycles. The first-order valence-electron chi connectivity index (χ1n) is 5.94. The Morgan fingerprint density at radius 1 is 1.00 bits per heavy atom. The molecule has 0 unspecified atom stereocenters. The molecule has 0 aliphatic rings. The first-order valence-corrected chi connectivity index (χ1v) is 5.94. The van der Waals surface area contributed by atoms with Gasteiger partial charge in [-0.3, -0.25) is 0 Å². The lowest BCUT2D eigenvalue weighted by Gasteiger charge is -2.09. The van der Waals surface area contributed by atoms with Crippen LogP contribution in [-0.4, -0.2) is 0 Å². The minimum Gasteiger partial charge on any atom is -0.464 e. The average Bonchev–Trinajstić information content (AvgIpc) is 2.71. The third kappa shape index (κ3) is 2.59. The zero-order chi connectivity index (χ0) is 12.4. The molecule has 2 aromatic rings. The second-order valence-corrected chi connectivity index (χ2v) is 4.63. The third-order valence-corrected chi connectivity index (χ3v) is 3.11. The molecule has 90 valence electrons. The summed E-state index contributed by atoms with van der Waals surface area (Å²) in [5.41, 5.74) is 10.9. The topological polar surface area (TPSA) is 39.2 Å². The van der Waals surface area contributed by atoms with Gasteiger partial charge in [0.15, 0.2) is 0 Å². The van der Waals surface area contributed by atoms with Gasteiger partial charge in [0.25, 0.3) is 0 Å². The maximum absolute atomic E-state index is 5.65. The lowest BCUT2D eigenvalue weighted by molar-refractivity contribution is 0.474. The SMILES string of the molecule is Cc1cc(C)c(Cc2ccc(CN)o2)c(C)c1. The smallest absolute Gasteiger partial charge is 0.117 e. The highest BCUT2D eigenvalue weighted by atomic mass is 16.3. The fraction of sp³-hybridized carbons (Fsp3) is 0.333. The van der Waals surface area contributed by atoms with Crippen molar-refractivity contribution in [2.75, 3.05) is 0 Å². The number of rotatable bonds is 3. The Morgan fingerprint density at radius 2 is 1.59 bits per heavy atom. The number of furan rings is 1. The summed E-state index contributed by atoms with van der Waals surface area (Å²) in [4.78, 5) is 0. The minimum absolute atomic E-state index is 0.464. The van der Waals surface area contributed by atoms with Gasteiger partial charge in [-0.2, -0.15) is 0 Å². The molecule has 2 heteroatoms. The highest BCUT2D eigenvalue weighted by Crippen LogP contribution is 2.21. The van der Waals surface area contributed by atoms with Crippen molar-refractivity contribution in [2.45, 2.75) is 33.7 Å². The predicted molar refractivity (Wildman–Crippen MR) is 70.1 cm³/mol. The molecule has 0 fully saturated rings. The molecule has 1 aromatic heterocycles. The van der Waals surface area contributed by atoms with E-state index in [9.17, 15) is 0 Å². The fourth-order valence-corrected chi connectivity index (χ4v) is 2.29. The number of hydrogen-bond acceptors (Lipinski definition) is 2. The van der Waals surface area contributed by atoms with Crippen LogP contribution in [0.3, 0.4) is 0 Å². The maximum Gasteiger partial charge on any atom is 0.117 e. The Morgan fingerprint density at radius 3 is 2.12 bits per heavy atom. The van der Waals surface area contributed by atoms with Crippen LogP contribution in [0.4, 0.5) is 0 Å². The Labute approximate surface area is 102 Å². The van der Waals surface area contributed by atoms with Crippen molar-refractivity contribution < 1.29 is 4.42 Å². The van der Waals surface area contributed by atoms with Crippen LogP contribution in [0, 0.1) is 20.8 Å². The second kappa shape index (κ2) is 4.76. The van der Waals surface area contributed by atoms with Crippen molar-refractivity contribution in [3.05, 3.63) is 58.0 Å². The quantitative estimate of drug-likeness (QED) is 0.877. The summed E-state index contributed by atoms with van der Waals surface area (Å²) in [6.07, 6.45) is 0.845. The van der Waals surface area contributed by atoms with Gasteiger partial charge < -0.3 is 10.2 Å². The third-order valence-electron chi connectivity index (χ3n) is 3.11. The molecule has 0 aliphatic heterocycles. The van der Waals surface area contributed by atoms with Crippen molar-refractivity contribution in [1.29, 1.82) is 0 Å². The minimum atomic E-state index is 0.464. The van der Waals surface area contributed by atoms with Crippen LogP contribution in [-0.2, 0) is 13.0 Å². The summed E-state index contributed by atoms with van der Waals surface area (Å²) < 4.78 is 5.65. The lowest BCUT2D eigenvalue weighted by atomic mass is 9.97. The van der Waals surface area contributed by atoms with Gasteiger partial charge in [-0.15, -0.1) is 0 Å². The standard InChI is InChI=1S/C15H19NO/c1-10-6-11(2)15(12(3)7-10)8-13-4-5-14(9-16)17-13/h4-7H,8-9,16H2,1-3H3. The number of benzene rings is 1. The van der Waals surface area contributed by atoms with Crippen molar-refractivity contribution in [3.63, 3.8) is 0 Å². The fourth-order valence-electron chi connectivity index (χ4n) is 2.29. The normalized spacial score (nSPS) is 10.8. The Hall–Kier alpha value is -1.54. The molecule has 0 amide bonds. The monoisotopic (exact) mass is 229 g/mol. The second-order valence-electron chi connectivity index (χ2n) is 4.63. The van der Waals surface area contributed by atoms with Crippen LogP contribution in [0.2, 0.25) is 0 Å². The zero-order valence-corrected chi connectivity index (χ0v) is 10.7. The van der Waals surface area contributed by atoms with Crippen molar-refractivity contribution in [3.8, 4) is 0 Å². The van der Waals surface area contributed by atoms with E-state index in [1.807, 2.05) is 12.1 Å². The van der Waals surface area contributed by atoms with Gasteiger partial charge in [-0.05, 0) is 49.6 Å². The van der Waals surface area contributed by atoms with E-state index in [0.29, 0.717) is 6.54 Å². The summed E-state index contributed by atoms with van der Waals surface area (Å²) in [5.74, 6) is 1.84. The molecule has 0 spiro atoms. The van der Waals surface area contributed by atoms with E-state index in [4.69, 9.17) is 10.2 Å². The maximum atomic E-state index is 5.65. The van der Waals surface area contributed by atoms with Gasteiger partial charge >= 0.3 is 0 Å². The van der Waals surface area contributed by atoms with Gasteiger partial charge in [0.1, 0.15) is 11.5 Å². The van der Waals surface area contributed by atoms with Crippen LogP contribution >= 0.6 is 0 Å². The van der Waals surface area contributed by atoms with Crippen molar-refractivity contribution >= 4 is 0 Å². The highest BCUT2D eigenvalue weighted by Gasteiger charge is 2.08. The van der Waals surface area contributed by atoms with Gasteiger partial charge in [0.2, 0.25) is 0 Å². The van der Waals surface area contributed by atoms with Crippen LogP contribution in [0.1, 0.15) is 33.8 Å². The molecular weight excluding hydrogens is 210 g/mol. The summed E-state index contributed by atoms with van der Waals surface area (Å²) in [7, 11) is 0. The van der Waals surface area contributed by atoms with Crippen LogP contribution in [0.25, 0.3) is 0 Å². The largest absolute Gasteiger partial charge is 0.464 e. The van der Waals surface area contributed by atoms with E-state index in [1.54, 1.807) is 0 Å². The van der Waals surface area contributed by atoms with Crippen molar-refractivity contribution in [1.82, 2.24) is 0 Å². The summed E-state index contributed by atoms with van der Waals surface area (Å²) in [5, 5.41) is 0. The molecule has 2 N–H and O–H groups in total. The van der Waals surface area contributed by atoms with Crippen LogP contribution in [0.5, 0.6) is 0 Å². The number of nitrogens with two attached hydrogens (primary N) is 1. The van der Waals surface area contributed by atoms with E-state index in [0.717, 1.165) is 17.9 Å². The van der Waals surface area contributed by atoms with E-state index >= 15 is 0 Å². The number of aryl methyl sites for hydroxylation is 3. The zero-order valence-electron chi connectivity index (χ0n) is 10.7. The average molecular weight is 229 g/mol. The summed E-state index contributed by atoms with van der Waals surface area (Å²) in [6.45, 7) is 6.90. The van der Waals surface area contributed by atoms with Gasteiger partial charge in [-0.1, -0.05) is 17.7 Å². The molecule has 0 saturated carbocycles. The lowest BCUT2D eigenvalue weighted by Crippen LogP contribution is -1.96. The molecule has 17 heavy (non-hydrogen) atoms. The number of hydrogen-bond donors (Lipinski definition) is 1. The summed E-state index contributed by atoms with van der Waals surface area (Å²) in [6, 6.07) is 8.40. The Kier molecular flexibility index (Phi) is 3.34. The highest BCUT2D eigenvalue weighted by molar-refractivity contribution is 5.39. The van der Waals surface area contributed by atoms with E-state index in [-0.39, 0.29) is 0 Å². The van der Waals surface area contributed by atoms with Gasteiger partial charge in [-0.25, -0.2) is 0 Å².